The van der Waals surface area contributed by atoms with Crippen LogP contribution in [0.5, 0.6) is 5.75 Å². The minimum Gasteiger partial charge on any atom is -0.482 e. The average molecular weight is 329 g/mol. The van der Waals surface area contributed by atoms with Crippen LogP contribution in [0.15, 0.2) is 48.5 Å². The number of nitrogens with zero attached hydrogens (tertiary/aromatic N) is 1. The number of carbonyl (C=O) groups is 3. The highest BCUT2D eigenvalue weighted by Gasteiger charge is 2.35. The normalized spacial score (nSPS) is 13.0. The summed E-state index contributed by atoms with van der Waals surface area (Å²) in [6, 6.07) is 11.6. The van der Waals surface area contributed by atoms with Crippen molar-refractivity contribution in [3.63, 3.8) is 0 Å². The highest BCUT2D eigenvalue weighted by atomic mass is 19.1. The zero-order valence-electron chi connectivity index (χ0n) is 12.4. The van der Waals surface area contributed by atoms with Crippen molar-refractivity contribution in [1.82, 2.24) is 4.90 Å². The summed E-state index contributed by atoms with van der Waals surface area (Å²) in [5.74, 6) is -2.14. The van der Waals surface area contributed by atoms with Gasteiger partial charge < -0.3 is 9.47 Å². The van der Waals surface area contributed by atoms with E-state index >= 15 is 0 Å². The van der Waals surface area contributed by atoms with Gasteiger partial charge in [-0.2, -0.15) is 0 Å². The first-order valence-electron chi connectivity index (χ1n) is 7.05. The van der Waals surface area contributed by atoms with Crippen LogP contribution in [0.25, 0.3) is 0 Å². The van der Waals surface area contributed by atoms with Crippen LogP contribution in [0.3, 0.4) is 0 Å². The summed E-state index contributed by atoms with van der Waals surface area (Å²) in [5, 5.41) is 0. The fraction of sp³-hybridized carbons (Fsp3) is 0.118. The van der Waals surface area contributed by atoms with Gasteiger partial charge in [0, 0.05) is 6.07 Å². The number of carbonyl (C=O) groups excluding carboxylic acids is 3. The standard InChI is InChI=1S/C17H12FNO5/c18-11-4-3-5-12(8-11)23-9-15(20)24-10-19-16(21)13-6-1-2-7-14(13)17(19)22/h1-8H,9-10H2. The number of halogens is 1. The van der Waals surface area contributed by atoms with Gasteiger partial charge in [-0.1, -0.05) is 18.2 Å². The lowest BCUT2D eigenvalue weighted by molar-refractivity contribution is -0.148. The van der Waals surface area contributed by atoms with Crippen LogP contribution in [0.2, 0.25) is 0 Å². The Morgan fingerprint density at radius 3 is 2.29 bits per heavy atom. The van der Waals surface area contributed by atoms with Gasteiger partial charge in [-0.15, -0.1) is 0 Å². The summed E-state index contributed by atoms with van der Waals surface area (Å²) in [4.78, 5) is 36.6. The van der Waals surface area contributed by atoms with Gasteiger partial charge in [-0.25, -0.2) is 14.1 Å². The Balaban J connectivity index is 1.54. The Kier molecular flexibility index (Phi) is 4.24. The van der Waals surface area contributed by atoms with Crippen molar-refractivity contribution in [3.05, 3.63) is 65.5 Å². The van der Waals surface area contributed by atoms with Gasteiger partial charge >= 0.3 is 5.97 Å². The molecule has 2 aromatic carbocycles. The monoisotopic (exact) mass is 329 g/mol. The summed E-state index contributed by atoms with van der Waals surface area (Å²) in [5.41, 5.74) is 0.545. The molecule has 122 valence electrons. The molecule has 2 aromatic rings. The van der Waals surface area contributed by atoms with Gasteiger partial charge in [0.2, 0.25) is 0 Å². The average Bonchev–Trinajstić information content (AvgIpc) is 2.83. The third kappa shape index (κ3) is 3.10. The van der Waals surface area contributed by atoms with E-state index in [1.54, 1.807) is 12.1 Å². The quantitative estimate of drug-likeness (QED) is 0.620. The van der Waals surface area contributed by atoms with E-state index in [0.717, 1.165) is 11.0 Å². The van der Waals surface area contributed by atoms with Crippen molar-refractivity contribution in [2.75, 3.05) is 13.3 Å². The second-order valence-electron chi connectivity index (χ2n) is 4.98. The maximum atomic E-state index is 13.0. The van der Waals surface area contributed by atoms with Crippen molar-refractivity contribution < 1.29 is 28.2 Å². The molecule has 3 rings (SSSR count). The lowest BCUT2D eigenvalue weighted by Crippen LogP contribution is -2.34. The number of hydrogen-bond donors (Lipinski definition) is 0. The van der Waals surface area contributed by atoms with E-state index in [9.17, 15) is 18.8 Å². The number of rotatable bonds is 5. The van der Waals surface area contributed by atoms with E-state index < -0.39 is 36.9 Å². The summed E-state index contributed by atoms with van der Waals surface area (Å²) in [6.07, 6.45) is 0. The number of benzene rings is 2. The molecule has 0 unspecified atom stereocenters. The molecule has 6 nitrogen and oxygen atoms in total. The number of esters is 1. The summed E-state index contributed by atoms with van der Waals surface area (Å²) in [6.45, 7) is -0.968. The van der Waals surface area contributed by atoms with Gasteiger partial charge in [0.15, 0.2) is 13.3 Å². The first-order chi connectivity index (χ1) is 11.6. The second kappa shape index (κ2) is 6.49. The molecule has 2 amide bonds. The maximum Gasteiger partial charge on any atom is 0.345 e. The minimum atomic E-state index is -0.782. The first-order valence-corrected chi connectivity index (χ1v) is 7.05. The SMILES string of the molecule is O=C(COc1cccc(F)c1)OCN1C(=O)c2ccccc2C1=O. The number of fused-ring (bicyclic) bond motifs is 1. The molecule has 0 fully saturated rings. The molecule has 24 heavy (non-hydrogen) atoms. The molecule has 1 aliphatic heterocycles. The van der Waals surface area contributed by atoms with Gasteiger partial charge in [0.1, 0.15) is 11.6 Å². The van der Waals surface area contributed by atoms with Gasteiger partial charge in [-0.05, 0) is 24.3 Å². The fourth-order valence-electron chi connectivity index (χ4n) is 2.23. The van der Waals surface area contributed by atoms with Crippen molar-refractivity contribution >= 4 is 17.8 Å². The molecule has 0 aliphatic carbocycles. The molecule has 1 heterocycles. The molecule has 0 atom stereocenters. The van der Waals surface area contributed by atoms with Crippen molar-refractivity contribution in [2.45, 2.75) is 0 Å². The zero-order valence-corrected chi connectivity index (χ0v) is 12.4. The molecule has 0 aromatic heterocycles. The van der Waals surface area contributed by atoms with Crippen LogP contribution in [0.4, 0.5) is 4.39 Å². The summed E-state index contributed by atoms with van der Waals surface area (Å²) < 4.78 is 22.9. The fourth-order valence-corrected chi connectivity index (χ4v) is 2.23. The smallest absolute Gasteiger partial charge is 0.345 e. The molecule has 0 bridgehead atoms. The molecular weight excluding hydrogens is 317 g/mol. The third-order valence-electron chi connectivity index (χ3n) is 3.39. The molecule has 0 saturated heterocycles. The molecular formula is C17H12FNO5. The Hall–Kier alpha value is -3.22. The van der Waals surface area contributed by atoms with Crippen LogP contribution < -0.4 is 4.74 Å². The minimum absolute atomic E-state index is 0.174. The van der Waals surface area contributed by atoms with Gasteiger partial charge in [0.05, 0.1) is 11.1 Å². The third-order valence-corrected chi connectivity index (χ3v) is 3.39. The van der Waals surface area contributed by atoms with Crippen LogP contribution in [-0.2, 0) is 9.53 Å². The van der Waals surface area contributed by atoms with Crippen molar-refractivity contribution in [2.24, 2.45) is 0 Å². The molecule has 1 aliphatic rings. The topological polar surface area (TPSA) is 72.9 Å². The van der Waals surface area contributed by atoms with Crippen LogP contribution in [-0.4, -0.2) is 36.0 Å². The highest BCUT2D eigenvalue weighted by molar-refractivity contribution is 6.21. The summed E-state index contributed by atoms with van der Waals surface area (Å²) in [7, 11) is 0. The van der Waals surface area contributed by atoms with E-state index in [1.165, 1.54) is 30.3 Å². The number of imide groups is 1. The van der Waals surface area contributed by atoms with E-state index in [4.69, 9.17) is 9.47 Å². The molecule has 0 saturated carbocycles. The Morgan fingerprint density at radius 1 is 1.00 bits per heavy atom. The van der Waals surface area contributed by atoms with Gasteiger partial charge in [0.25, 0.3) is 11.8 Å². The number of ether oxygens (including phenoxy) is 2. The van der Waals surface area contributed by atoms with Crippen molar-refractivity contribution in [3.8, 4) is 5.75 Å². The Labute approximate surface area is 136 Å². The van der Waals surface area contributed by atoms with Crippen molar-refractivity contribution in [1.29, 1.82) is 0 Å². The number of hydrogen-bond acceptors (Lipinski definition) is 5. The lowest BCUT2D eigenvalue weighted by Gasteiger charge is -2.14. The van der Waals surface area contributed by atoms with E-state index in [1.807, 2.05) is 0 Å². The highest BCUT2D eigenvalue weighted by Crippen LogP contribution is 2.22. The zero-order chi connectivity index (χ0) is 17.1. The summed E-state index contributed by atoms with van der Waals surface area (Å²) >= 11 is 0. The molecule has 0 radical (unpaired) electrons. The van der Waals surface area contributed by atoms with Crippen LogP contribution in [0, 0.1) is 5.82 Å². The molecule has 0 spiro atoms. The van der Waals surface area contributed by atoms with E-state index in [0.29, 0.717) is 0 Å². The molecule has 7 heteroatoms. The van der Waals surface area contributed by atoms with Crippen LogP contribution >= 0.6 is 0 Å². The Bertz CT molecular complexity index is 785. The first kappa shape index (κ1) is 15.7. The largest absolute Gasteiger partial charge is 0.482 e. The molecule has 0 N–H and O–H groups in total. The second-order valence-corrected chi connectivity index (χ2v) is 4.98. The predicted octanol–water partition coefficient (Wildman–Crippen LogP) is 2.00. The maximum absolute atomic E-state index is 13.0. The lowest BCUT2D eigenvalue weighted by atomic mass is 10.1. The Morgan fingerprint density at radius 2 is 1.67 bits per heavy atom. The van der Waals surface area contributed by atoms with Gasteiger partial charge in [-0.3, -0.25) is 9.59 Å². The van der Waals surface area contributed by atoms with Crippen LogP contribution in [0.1, 0.15) is 20.7 Å². The number of amides is 2. The predicted molar refractivity (Wildman–Crippen MR) is 79.8 cm³/mol. The van der Waals surface area contributed by atoms with E-state index in [2.05, 4.69) is 0 Å². The van der Waals surface area contributed by atoms with E-state index in [-0.39, 0.29) is 16.9 Å².